The number of thiazole rings is 1. The summed E-state index contributed by atoms with van der Waals surface area (Å²) in [5.74, 6) is 0.521. The number of aromatic nitrogens is 1. The summed E-state index contributed by atoms with van der Waals surface area (Å²) in [6, 6.07) is 11.9. The fourth-order valence-electron chi connectivity index (χ4n) is 2.40. The molecule has 0 aliphatic heterocycles. The highest BCUT2D eigenvalue weighted by Gasteiger charge is 2.10. The van der Waals surface area contributed by atoms with Crippen molar-refractivity contribution in [3.05, 3.63) is 53.1 Å². The topological polar surface area (TPSA) is 51.2 Å². The van der Waals surface area contributed by atoms with Crippen molar-refractivity contribution in [3.63, 3.8) is 0 Å². The van der Waals surface area contributed by atoms with E-state index in [1.807, 2.05) is 57.2 Å². The Kier molecular flexibility index (Phi) is 4.30. The monoisotopic (exact) mass is 326 g/mol. The maximum absolute atomic E-state index is 12.1. The predicted molar refractivity (Wildman–Crippen MR) is 94.4 cm³/mol. The van der Waals surface area contributed by atoms with Gasteiger partial charge in [-0.3, -0.25) is 10.1 Å². The molecule has 2 aromatic carbocycles. The molecule has 0 radical (unpaired) electrons. The number of nitrogens with zero attached hydrogens (tertiary/aromatic N) is 1. The lowest BCUT2D eigenvalue weighted by molar-refractivity contribution is -0.118. The van der Waals surface area contributed by atoms with Crippen molar-refractivity contribution in [2.75, 3.05) is 11.9 Å². The van der Waals surface area contributed by atoms with Crippen LogP contribution in [0, 0.1) is 20.8 Å². The van der Waals surface area contributed by atoms with Gasteiger partial charge in [0.25, 0.3) is 5.91 Å². The number of benzene rings is 2. The summed E-state index contributed by atoms with van der Waals surface area (Å²) in [5, 5.41) is 3.40. The number of carbonyl (C=O) groups excluding carboxylic acids is 1. The molecule has 3 aromatic rings. The summed E-state index contributed by atoms with van der Waals surface area (Å²) in [7, 11) is 0. The Labute approximate surface area is 139 Å². The van der Waals surface area contributed by atoms with Crippen molar-refractivity contribution in [3.8, 4) is 5.75 Å². The van der Waals surface area contributed by atoms with E-state index in [0.29, 0.717) is 5.13 Å². The van der Waals surface area contributed by atoms with Crippen LogP contribution in [0.15, 0.2) is 36.4 Å². The molecule has 118 valence electrons. The van der Waals surface area contributed by atoms with Gasteiger partial charge in [-0.2, -0.15) is 0 Å². The Morgan fingerprint density at radius 2 is 2.00 bits per heavy atom. The summed E-state index contributed by atoms with van der Waals surface area (Å²) in [5.41, 5.74) is 4.23. The molecule has 4 nitrogen and oxygen atoms in total. The largest absolute Gasteiger partial charge is 0.483 e. The van der Waals surface area contributed by atoms with E-state index in [2.05, 4.69) is 10.3 Å². The quantitative estimate of drug-likeness (QED) is 0.780. The third-order valence-electron chi connectivity index (χ3n) is 3.56. The van der Waals surface area contributed by atoms with Crippen molar-refractivity contribution < 1.29 is 9.53 Å². The van der Waals surface area contributed by atoms with Gasteiger partial charge >= 0.3 is 0 Å². The number of anilines is 1. The first-order chi connectivity index (χ1) is 11.0. The number of fused-ring (bicyclic) bond motifs is 1. The van der Waals surface area contributed by atoms with E-state index in [0.717, 1.165) is 27.1 Å². The first-order valence-electron chi connectivity index (χ1n) is 7.39. The summed E-state index contributed by atoms with van der Waals surface area (Å²) < 4.78 is 6.65. The van der Waals surface area contributed by atoms with Gasteiger partial charge in [0.05, 0.1) is 10.2 Å². The summed E-state index contributed by atoms with van der Waals surface area (Å²) in [6.45, 7) is 5.98. The smallest absolute Gasteiger partial charge is 0.264 e. The summed E-state index contributed by atoms with van der Waals surface area (Å²) in [6.07, 6.45) is 0. The molecule has 1 aromatic heterocycles. The minimum absolute atomic E-state index is 0.0290. The van der Waals surface area contributed by atoms with Crippen LogP contribution in [0.2, 0.25) is 0 Å². The number of hydrogen-bond donors (Lipinski definition) is 1. The highest BCUT2D eigenvalue weighted by Crippen LogP contribution is 2.27. The molecule has 0 aliphatic carbocycles. The van der Waals surface area contributed by atoms with Gasteiger partial charge in [-0.15, -0.1) is 0 Å². The molecule has 1 amide bonds. The Balaban J connectivity index is 1.65. The normalized spacial score (nSPS) is 10.7. The van der Waals surface area contributed by atoms with Gasteiger partial charge in [-0.05, 0) is 44.0 Å². The maximum Gasteiger partial charge on any atom is 0.264 e. The fourth-order valence-corrected chi connectivity index (χ4v) is 3.36. The van der Waals surface area contributed by atoms with Crippen LogP contribution in [-0.2, 0) is 4.79 Å². The van der Waals surface area contributed by atoms with E-state index in [1.54, 1.807) is 0 Å². The zero-order valence-corrected chi connectivity index (χ0v) is 14.2. The number of ether oxygens (including phenoxy) is 1. The van der Waals surface area contributed by atoms with Crippen molar-refractivity contribution in [1.29, 1.82) is 0 Å². The second kappa shape index (κ2) is 6.38. The van der Waals surface area contributed by atoms with Crippen LogP contribution in [-0.4, -0.2) is 17.5 Å². The molecule has 1 heterocycles. The number of nitrogens with one attached hydrogen (secondary N) is 1. The van der Waals surface area contributed by atoms with E-state index in [9.17, 15) is 4.79 Å². The van der Waals surface area contributed by atoms with Gasteiger partial charge in [0.15, 0.2) is 11.7 Å². The van der Waals surface area contributed by atoms with Crippen LogP contribution in [0.5, 0.6) is 5.75 Å². The average Bonchev–Trinajstić information content (AvgIpc) is 2.90. The second-order valence-corrected chi connectivity index (χ2v) is 6.58. The molecule has 0 spiro atoms. The van der Waals surface area contributed by atoms with Crippen molar-refractivity contribution in [1.82, 2.24) is 4.98 Å². The van der Waals surface area contributed by atoms with E-state index in [1.165, 1.54) is 16.9 Å². The van der Waals surface area contributed by atoms with Crippen molar-refractivity contribution >= 4 is 32.6 Å². The lowest BCUT2D eigenvalue weighted by Gasteiger charge is -2.09. The highest BCUT2D eigenvalue weighted by molar-refractivity contribution is 7.22. The number of amides is 1. The Hall–Kier alpha value is -2.40. The van der Waals surface area contributed by atoms with Gasteiger partial charge in [0.1, 0.15) is 5.75 Å². The maximum atomic E-state index is 12.1. The SMILES string of the molecule is Cc1ccc(OCC(=O)Nc2nc3c(C)cccc3s2)c(C)c1. The molecule has 0 atom stereocenters. The molecular formula is C18H18N2O2S. The van der Waals surface area contributed by atoms with E-state index >= 15 is 0 Å². The highest BCUT2D eigenvalue weighted by atomic mass is 32.1. The van der Waals surface area contributed by atoms with Crippen molar-refractivity contribution in [2.45, 2.75) is 20.8 Å². The Bertz CT molecular complexity index is 871. The first kappa shape index (κ1) is 15.5. The fraction of sp³-hybridized carbons (Fsp3) is 0.222. The van der Waals surface area contributed by atoms with Crippen LogP contribution >= 0.6 is 11.3 Å². The van der Waals surface area contributed by atoms with E-state index in [-0.39, 0.29) is 12.5 Å². The molecular weight excluding hydrogens is 308 g/mol. The Morgan fingerprint density at radius 3 is 2.74 bits per heavy atom. The lowest BCUT2D eigenvalue weighted by Crippen LogP contribution is -2.20. The molecule has 3 rings (SSSR count). The van der Waals surface area contributed by atoms with Crippen LogP contribution < -0.4 is 10.1 Å². The molecule has 0 saturated carbocycles. The predicted octanol–water partition coefficient (Wildman–Crippen LogP) is 4.24. The molecule has 1 N–H and O–H groups in total. The molecule has 0 fully saturated rings. The average molecular weight is 326 g/mol. The third kappa shape index (κ3) is 3.51. The molecule has 0 aliphatic rings. The summed E-state index contributed by atoms with van der Waals surface area (Å²) in [4.78, 5) is 16.5. The van der Waals surface area contributed by atoms with Crippen LogP contribution in [0.25, 0.3) is 10.2 Å². The van der Waals surface area contributed by atoms with Gasteiger partial charge in [-0.1, -0.05) is 41.2 Å². The minimum Gasteiger partial charge on any atom is -0.483 e. The Morgan fingerprint density at radius 1 is 1.17 bits per heavy atom. The number of rotatable bonds is 4. The van der Waals surface area contributed by atoms with Crippen molar-refractivity contribution in [2.24, 2.45) is 0 Å². The minimum atomic E-state index is -0.207. The third-order valence-corrected chi connectivity index (χ3v) is 4.49. The van der Waals surface area contributed by atoms with Gasteiger partial charge in [0, 0.05) is 0 Å². The molecule has 0 bridgehead atoms. The molecule has 23 heavy (non-hydrogen) atoms. The van der Waals surface area contributed by atoms with E-state index in [4.69, 9.17) is 4.74 Å². The molecule has 0 saturated heterocycles. The standard InChI is InChI=1S/C18H18N2O2S/c1-11-7-8-14(13(3)9-11)22-10-16(21)19-18-20-17-12(2)5-4-6-15(17)23-18/h4-9H,10H2,1-3H3,(H,19,20,21). The zero-order valence-electron chi connectivity index (χ0n) is 13.3. The number of para-hydroxylation sites is 1. The lowest BCUT2D eigenvalue weighted by atomic mass is 10.1. The summed E-state index contributed by atoms with van der Waals surface area (Å²) >= 11 is 1.47. The number of carbonyl (C=O) groups is 1. The number of aryl methyl sites for hydroxylation is 3. The molecule has 5 heteroatoms. The zero-order chi connectivity index (χ0) is 16.4. The first-order valence-corrected chi connectivity index (χ1v) is 8.20. The molecule has 0 unspecified atom stereocenters. The van der Waals surface area contributed by atoms with Gasteiger partial charge < -0.3 is 4.74 Å². The van der Waals surface area contributed by atoms with Crippen LogP contribution in [0.4, 0.5) is 5.13 Å². The van der Waals surface area contributed by atoms with Gasteiger partial charge in [0.2, 0.25) is 0 Å². The van der Waals surface area contributed by atoms with E-state index < -0.39 is 0 Å². The number of hydrogen-bond acceptors (Lipinski definition) is 4. The second-order valence-electron chi connectivity index (χ2n) is 5.55. The van der Waals surface area contributed by atoms with Gasteiger partial charge in [-0.25, -0.2) is 4.98 Å². The van der Waals surface area contributed by atoms with Crippen LogP contribution in [0.1, 0.15) is 16.7 Å². The van der Waals surface area contributed by atoms with Crippen LogP contribution in [0.3, 0.4) is 0 Å².